The van der Waals surface area contributed by atoms with E-state index in [2.05, 4.69) is 6.92 Å². The molecule has 0 spiro atoms. The Hall–Kier alpha value is -1.02. The molecule has 0 aliphatic heterocycles. The highest BCUT2D eigenvalue weighted by atomic mass is 16.5. The molecule has 2 N–H and O–H groups in total. The summed E-state index contributed by atoms with van der Waals surface area (Å²) in [6.07, 6.45) is 5.73. The molecule has 2 heteroatoms. The van der Waals surface area contributed by atoms with Crippen LogP contribution in [-0.4, -0.2) is 6.23 Å². The lowest BCUT2D eigenvalue weighted by Gasteiger charge is -2.14. The van der Waals surface area contributed by atoms with Crippen LogP contribution in [0.2, 0.25) is 0 Å². The lowest BCUT2D eigenvalue weighted by Crippen LogP contribution is -2.26. The summed E-state index contributed by atoms with van der Waals surface area (Å²) < 4.78 is 5.57. The fourth-order valence-corrected chi connectivity index (χ4v) is 1.51. The van der Waals surface area contributed by atoms with Crippen LogP contribution in [0.5, 0.6) is 5.75 Å². The summed E-state index contributed by atoms with van der Waals surface area (Å²) in [5.74, 6) is 0.862. The van der Waals surface area contributed by atoms with Crippen molar-refractivity contribution in [2.45, 2.75) is 45.3 Å². The first-order chi connectivity index (χ1) is 7.33. The quantitative estimate of drug-likeness (QED) is 0.550. The van der Waals surface area contributed by atoms with Crippen LogP contribution in [0.3, 0.4) is 0 Å². The lowest BCUT2D eigenvalue weighted by molar-refractivity contribution is 0.194. The molecule has 1 atom stereocenters. The molecule has 0 aromatic heterocycles. The molecule has 0 fully saturated rings. The molecule has 0 aliphatic rings. The summed E-state index contributed by atoms with van der Waals surface area (Å²) in [4.78, 5) is 0. The summed E-state index contributed by atoms with van der Waals surface area (Å²) >= 11 is 0. The van der Waals surface area contributed by atoms with E-state index in [4.69, 9.17) is 10.5 Å². The second-order valence-corrected chi connectivity index (χ2v) is 3.82. The van der Waals surface area contributed by atoms with Crippen LogP contribution in [0.25, 0.3) is 0 Å². The van der Waals surface area contributed by atoms with Crippen molar-refractivity contribution in [2.75, 3.05) is 0 Å². The van der Waals surface area contributed by atoms with Gasteiger partial charge in [-0.25, -0.2) is 0 Å². The Morgan fingerprint density at radius 2 is 1.87 bits per heavy atom. The van der Waals surface area contributed by atoms with E-state index in [-0.39, 0.29) is 6.23 Å². The number of unbranched alkanes of at least 4 members (excludes halogenated alkanes) is 3. The van der Waals surface area contributed by atoms with Crippen molar-refractivity contribution in [1.82, 2.24) is 0 Å². The molecule has 1 aromatic carbocycles. The zero-order chi connectivity index (χ0) is 10.9. The molecule has 0 saturated carbocycles. The second-order valence-electron chi connectivity index (χ2n) is 3.82. The number of para-hydroxylation sites is 1. The zero-order valence-electron chi connectivity index (χ0n) is 9.49. The minimum Gasteiger partial charge on any atom is -0.476 e. The van der Waals surface area contributed by atoms with Gasteiger partial charge in [-0.2, -0.15) is 0 Å². The van der Waals surface area contributed by atoms with E-state index in [1.54, 1.807) is 0 Å². The summed E-state index contributed by atoms with van der Waals surface area (Å²) in [5.41, 5.74) is 5.87. The normalized spacial score (nSPS) is 12.4. The maximum Gasteiger partial charge on any atom is 0.147 e. The molecule has 15 heavy (non-hydrogen) atoms. The summed E-state index contributed by atoms with van der Waals surface area (Å²) in [6, 6.07) is 9.76. The van der Waals surface area contributed by atoms with E-state index in [0.29, 0.717) is 0 Å². The molecule has 1 aromatic rings. The Labute approximate surface area is 92.4 Å². The van der Waals surface area contributed by atoms with Gasteiger partial charge in [-0.05, 0) is 25.0 Å². The van der Waals surface area contributed by atoms with Crippen LogP contribution < -0.4 is 10.5 Å². The molecule has 0 amide bonds. The van der Waals surface area contributed by atoms with Gasteiger partial charge in [0.1, 0.15) is 12.0 Å². The molecule has 0 heterocycles. The summed E-state index contributed by atoms with van der Waals surface area (Å²) in [5, 5.41) is 0. The number of nitrogens with two attached hydrogens (primary N) is 1. The van der Waals surface area contributed by atoms with E-state index in [1.807, 2.05) is 30.3 Å². The molecule has 0 saturated heterocycles. The number of benzene rings is 1. The molecular formula is C13H21NO. The van der Waals surface area contributed by atoms with E-state index in [9.17, 15) is 0 Å². The van der Waals surface area contributed by atoms with Crippen LogP contribution >= 0.6 is 0 Å². The molecule has 84 valence electrons. The summed E-state index contributed by atoms with van der Waals surface area (Å²) in [6.45, 7) is 2.21. The van der Waals surface area contributed by atoms with Crippen molar-refractivity contribution in [3.8, 4) is 5.75 Å². The molecule has 0 bridgehead atoms. The van der Waals surface area contributed by atoms with Crippen molar-refractivity contribution in [3.63, 3.8) is 0 Å². The van der Waals surface area contributed by atoms with Gasteiger partial charge in [0.05, 0.1) is 0 Å². The van der Waals surface area contributed by atoms with Crippen molar-refractivity contribution < 1.29 is 4.74 Å². The van der Waals surface area contributed by atoms with Crippen molar-refractivity contribution in [2.24, 2.45) is 5.73 Å². The van der Waals surface area contributed by atoms with Gasteiger partial charge in [-0.3, -0.25) is 5.73 Å². The van der Waals surface area contributed by atoms with E-state index in [0.717, 1.165) is 18.6 Å². The molecular weight excluding hydrogens is 186 g/mol. The SMILES string of the molecule is CCCCCCC(N)Oc1ccccc1. The topological polar surface area (TPSA) is 35.2 Å². The minimum absolute atomic E-state index is 0.163. The summed E-state index contributed by atoms with van der Waals surface area (Å²) in [7, 11) is 0. The third-order valence-electron chi connectivity index (χ3n) is 2.37. The molecule has 0 radical (unpaired) electrons. The largest absolute Gasteiger partial charge is 0.476 e. The van der Waals surface area contributed by atoms with Gasteiger partial charge in [0.25, 0.3) is 0 Å². The van der Waals surface area contributed by atoms with Crippen LogP contribution in [0.4, 0.5) is 0 Å². The first-order valence-electron chi connectivity index (χ1n) is 5.80. The average Bonchev–Trinajstić information content (AvgIpc) is 2.26. The Balaban J connectivity index is 2.16. The Morgan fingerprint density at radius 3 is 2.53 bits per heavy atom. The number of hydrogen-bond donors (Lipinski definition) is 1. The monoisotopic (exact) mass is 207 g/mol. The zero-order valence-corrected chi connectivity index (χ0v) is 9.49. The van der Waals surface area contributed by atoms with Gasteiger partial charge >= 0.3 is 0 Å². The molecule has 2 nitrogen and oxygen atoms in total. The predicted octanol–water partition coefficient (Wildman–Crippen LogP) is 3.32. The van der Waals surface area contributed by atoms with Gasteiger partial charge in [0.2, 0.25) is 0 Å². The Kier molecular flexibility index (Phi) is 5.86. The predicted molar refractivity (Wildman–Crippen MR) is 63.8 cm³/mol. The van der Waals surface area contributed by atoms with Crippen molar-refractivity contribution in [3.05, 3.63) is 30.3 Å². The highest BCUT2D eigenvalue weighted by Crippen LogP contribution is 2.12. The first-order valence-corrected chi connectivity index (χ1v) is 5.80. The highest BCUT2D eigenvalue weighted by molar-refractivity contribution is 5.21. The van der Waals surface area contributed by atoms with Crippen molar-refractivity contribution in [1.29, 1.82) is 0 Å². The minimum atomic E-state index is -0.163. The van der Waals surface area contributed by atoms with Crippen molar-refractivity contribution >= 4 is 0 Å². The maximum atomic E-state index is 5.87. The number of rotatable bonds is 7. The fraction of sp³-hybridized carbons (Fsp3) is 0.538. The van der Waals surface area contributed by atoms with Gasteiger partial charge in [0.15, 0.2) is 0 Å². The van der Waals surface area contributed by atoms with Crippen LogP contribution in [0, 0.1) is 0 Å². The highest BCUT2D eigenvalue weighted by Gasteiger charge is 2.02. The first kappa shape index (κ1) is 12.1. The Bertz CT molecular complexity index is 248. The second kappa shape index (κ2) is 7.30. The molecule has 1 unspecified atom stereocenters. The standard InChI is InChI=1S/C13H21NO/c1-2-3-4-8-11-13(14)15-12-9-6-5-7-10-12/h5-7,9-10,13H,2-4,8,11,14H2,1H3. The molecule has 1 rings (SSSR count). The van der Waals surface area contributed by atoms with Gasteiger partial charge < -0.3 is 4.74 Å². The van der Waals surface area contributed by atoms with E-state index >= 15 is 0 Å². The average molecular weight is 207 g/mol. The fourth-order valence-electron chi connectivity index (χ4n) is 1.51. The van der Waals surface area contributed by atoms with Gasteiger partial charge in [-0.1, -0.05) is 44.4 Å². The maximum absolute atomic E-state index is 5.87. The van der Waals surface area contributed by atoms with Gasteiger partial charge in [-0.15, -0.1) is 0 Å². The van der Waals surface area contributed by atoms with Gasteiger partial charge in [0, 0.05) is 0 Å². The van der Waals surface area contributed by atoms with E-state index in [1.165, 1.54) is 19.3 Å². The smallest absolute Gasteiger partial charge is 0.147 e. The number of hydrogen-bond acceptors (Lipinski definition) is 2. The molecule has 0 aliphatic carbocycles. The third kappa shape index (κ3) is 5.43. The third-order valence-corrected chi connectivity index (χ3v) is 2.37. The Morgan fingerprint density at radius 1 is 1.13 bits per heavy atom. The lowest BCUT2D eigenvalue weighted by atomic mass is 10.1. The number of ether oxygens (including phenoxy) is 1. The van der Waals surface area contributed by atoms with E-state index < -0.39 is 0 Å². The van der Waals surface area contributed by atoms with Crippen LogP contribution in [0.1, 0.15) is 39.0 Å². The van der Waals surface area contributed by atoms with Crippen LogP contribution in [0.15, 0.2) is 30.3 Å². The van der Waals surface area contributed by atoms with Crippen LogP contribution in [-0.2, 0) is 0 Å².